The van der Waals surface area contributed by atoms with Crippen molar-refractivity contribution in [2.75, 3.05) is 0 Å². The molecule has 120 valence electrons. The molecular weight excluding hydrogens is 294 g/mol. The summed E-state index contributed by atoms with van der Waals surface area (Å²) in [5.74, 6) is -1.57. The van der Waals surface area contributed by atoms with E-state index in [0.717, 1.165) is 5.69 Å². The number of carbonyl (C=O) groups is 4. The number of hydrogen-bond donors (Lipinski definition) is 0. The predicted octanol–water partition coefficient (Wildman–Crippen LogP) is 2.46. The molecule has 0 saturated heterocycles. The van der Waals surface area contributed by atoms with Crippen molar-refractivity contribution in [2.45, 2.75) is 40.0 Å². The van der Waals surface area contributed by atoms with Crippen LogP contribution >= 0.6 is 0 Å². The van der Waals surface area contributed by atoms with Gasteiger partial charge in [-0.1, -0.05) is 0 Å². The molecular formula is C18H19NO4. The number of fused-ring (bicyclic) bond motifs is 1. The Kier molecular flexibility index (Phi) is 4.07. The molecule has 2 aromatic rings. The maximum absolute atomic E-state index is 12.2. The Morgan fingerprint density at radius 2 is 1.43 bits per heavy atom. The molecule has 0 saturated carbocycles. The number of nitrogens with zero attached hydrogens (tertiary/aromatic N) is 1. The Morgan fingerprint density at radius 1 is 0.913 bits per heavy atom. The number of aromatic nitrogens is 1. The lowest BCUT2D eigenvalue weighted by molar-refractivity contribution is -0.140. The predicted molar refractivity (Wildman–Crippen MR) is 85.9 cm³/mol. The summed E-state index contributed by atoms with van der Waals surface area (Å²) in [4.78, 5) is 48.2. The van der Waals surface area contributed by atoms with Crippen molar-refractivity contribution in [3.05, 3.63) is 41.2 Å². The molecule has 23 heavy (non-hydrogen) atoms. The molecule has 2 heterocycles. The van der Waals surface area contributed by atoms with Gasteiger partial charge in [-0.2, -0.15) is 0 Å². The summed E-state index contributed by atoms with van der Waals surface area (Å²) in [5.41, 5.74) is 0.568. The van der Waals surface area contributed by atoms with Gasteiger partial charge in [-0.15, -0.1) is 0 Å². The van der Waals surface area contributed by atoms with Crippen LogP contribution in [-0.2, 0) is 19.8 Å². The number of Topliss-reactive ketones (excluding diaryl/α,β-unsaturated/α-hetero) is 4. The zero-order valence-corrected chi connectivity index (χ0v) is 13.9. The highest BCUT2D eigenvalue weighted by Crippen LogP contribution is 2.30. The number of hydrogen-bond acceptors (Lipinski definition) is 4. The van der Waals surface area contributed by atoms with Crippen LogP contribution in [0.2, 0.25) is 0 Å². The molecule has 2 rings (SSSR count). The highest BCUT2D eigenvalue weighted by Gasteiger charge is 2.47. The SMILES string of the molecule is CC(=O)c1cc2cc(C(C(C)=O)(C(C)=O)C(C)=O)ccn2c1C. The Bertz CT molecular complexity index is 821. The quantitative estimate of drug-likeness (QED) is 0.628. The molecule has 5 nitrogen and oxygen atoms in total. The van der Waals surface area contributed by atoms with Crippen LogP contribution < -0.4 is 0 Å². The third kappa shape index (κ3) is 2.32. The third-order valence-electron chi connectivity index (χ3n) is 4.42. The Morgan fingerprint density at radius 3 is 1.87 bits per heavy atom. The first-order valence-electron chi connectivity index (χ1n) is 7.30. The van der Waals surface area contributed by atoms with E-state index in [9.17, 15) is 19.2 Å². The molecule has 0 radical (unpaired) electrons. The van der Waals surface area contributed by atoms with E-state index in [-0.39, 0.29) is 5.78 Å². The summed E-state index contributed by atoms with van der Waals surface area (Å²) in [6, 6.07) is 4.92. The Hall–Kier alpha value is -2.56. The molecule has 2 aromatic heterocycles. The van der Waals surface area contributed by atoms with Gasteiger partial charge in [-0.05, 0) is 58.4 Å². The lowest BCUT2D eigenvalue weighted by Crippen LogP contribution is -2.47. The van der Waals surface area contributed by atoms with E-state index < -0.39 is 22.8 Å². The van der Waals surface area contributed by atoms with Crippen LogP contribution in [0.4, 0.5) is 0 Å². The smallest absolute Gasteiger partial charge is 0.169 e. The van der Waals surface area contributed by atoms with Crippen molar-refractivity contribution >= 4 is 28.6 Å². The maximum Gasteiger partial charge on any atom is 0.169 e. The first kappa shape index (κ1) is 16.8. The van der Waals surface area contributed by atoms with Crippen molar-refractivity contribution in [3.8, 4) is 0 Å². The monoisotopic (exact) mass is 313 g/mol. The lowest BCUT2D eigenvalue weighted by atomic mass is 9.71. The van der Waals surface area contributed by atoms with E-state index in [2.05, 4.69) is 0 Å². The standard InChI is InChI=1S/C18H19NO4/c1-10-17(11(2)20)9-16-8-15(6-7-19(10)16)18(12(3)21,13(4)22)14(5)23/h6-9H,1-5H3. The number of carbonyl (C=O) groups excluding carboxylic acids is 4. The zero-order chi connectivity index (χ0) is 17.5. The minimum Gasteiger partial charge on any atom is -0.320 e. The molecule has 5 heteroatoms. The fourth-order valence-corrected chi connectivity index (χ4v) is 3.26. The van der Waals surface area contributed by atoms with E-state index >= 15 is 0 Å². The second kappa shape index (κ2) is 5.57. The van der Waals surface area contributed by atoms with E-state index in [1.165, 1.54) is 27.7 Å². The van der Waals surface area contributed by atoms with Gasteiger partial charge in [0.15, 0.2) is 28.5 Å². The highest BCUT2D eigenvalue weighted by molar-refractivity contribution is 6.28. The minimum atomic E-state index is -1.78. The van der Waals surface area contributed by atoms with E-state index in [0.29, 0.717) is 16.6 Å². The van der Waals surface area contributed by atoms with Gasteiger partial charge in [-0.3, -0.25) is 19.2 Å². The van der Waals surface area contributed by atoms with Crippen molar-refractivity contribution < 1.29 is 19.2 Å². The Labute approximate surface area is 134 Å². The topological polar surface area (TPSA) is 72.7 Å². The summed E-state index contributed by atoms with van der Waals surface area (Å²) in [5, 5.41) is 0. The number of rotatable bonds is 5. The number of pyridine rings is 1. The molecule has 0 N–H and O–H groups in total. The van der Waals surface area contributed by atoms with Gasteiger partial charge >= 0.3 is 0 Å². The molecule has 0 aliphatic heterocycles. The fraction of sp³-hybridized carbons (Fsp3) is 0.333. The second-order valence-electron chi connectivity index (χ2n) is 5.83. The van der Waals surface area contributed by atoms with E-state index in [4.69, 9.17) is 0 Å². The van der Waals surface area contributed by atoms with Crippen LogP contribution in [0.1, 0.15) is 49.3 Å². The molecule has 0 aromatic carbocycles. The number of aryl methyl sites for hydroxylation is 1. The molecule has 0 bridgehead atoms. The zero-order valence-electron chi connectivity index (χ0n) is 13.9. The summed E-state index contributed by atoms with van der Waals surface area (Å²) in [6.45, 7) is 7.04. The number of ketones is 4. The van der Waals surface area contributed by atoms with Crippen LogP contribution in [0.5, 0.6) is 0 Å². The normalized spacial score (nSPS) is 11.5. The van der Waals surface area contributed by atoms with E-state index in [1.54, 1.807) is 28.8 Å². The summed E-state index contributed by atoms with van der Waals surface area (Å²) in [6.07, 6.45) is 1.68. The molecule has 0 atom stereocenters. The molecule has 0 unspecified atom stereocenters. The van der Waals surface area contributed by atoms with Crippen molar-refractivity contribution in [3.63, 3.8) is 0 Å². The molecule has 0 aliphatic rings. The highest BCUT2D eigenvalue weighted by atomic mass is 16.2. The second-order valence-corrected chi connectivity index (χ2v) is 5.83. The van der Waals surface area contributed by atoms with Gasteiger partial charge < -0.3 is 4.40 Å². The average Bonchev–Trinajstić information content (AvgIpc) is 2.75. The lowest BCUT2D eigenvalue weighted by Gasteiger charge is -2.26. The van der Waals surface area contributed by atoms with Crippen molar-refractivity contribution in [1.82, 2.24) is 4.40 Å². The van der Waals surface area contributed by atoms with Gasteiger partial charge in [-0.25, -0.2) is 0 Å². The molecule has 0 aliphatic carbocycles. The van der Waals surface area contributed by atoms with Gasteiger partial charge in [0.1, 0.15) is 0 Å². The first-order chi connectivity index (χ1) is 10.6. The average molecular weight is 313 g/mol. The van der Waals surface area contributed by atoms with Gasteiger partial charge in [0.2, 0.25) is 0 Å². The largest absolute Gasteiger partial charge is 0.320 e. The van der Waals surface area contributed by atoms with Gasteiger partial charge in [0.25, 0.3) is 0 Å². The maximum atomic E-state index is 12.2. The van der Waals surface area contributed by atoms with Crippen LogP contribution in [0.3, 0.4) is 0 Å². The van der Waals surface area contributed by atoms with Crippen LogP contribution in [0, 0.1) is 6.92 Å². The van der Waals surface area contributed by atoms with Crippen molar-refractivity contribution in [1.29, 1.82) is 0 Å². The summed E-state index contributed by atoms with van der Waals surface area (Å²) >= 11 is 0. The molecule has 0 amide bonds. The van der Waals surface area contributed by atoms with Gasteiger partial charge in [0.05, 0.1) is 0 Å². The summed E-state index contributed by atoms with van der Waals surface area (Å²) in [7, 11) is 0. The fourth-order valence-electron chi connectivity index (χ4n) is 3.26. The van der Waals surface area contributed by atoms with Crippen molar-refractivity contribution in [2.24, 2.45) is 0 Å². The van der Waals surface area contributed by atoms with E-state index in [1.807, 2.05) is 6.92 Å². The van der Waals surface area contributed by atoms with Gasteiger partial charge in [0, 0.05) is 23.0 Å². The third-order valence-corrected chi connectivity index (χ3v) is 4.42. The Balaban J connectivity index is 2.81. The molecule has 0 spiro atoms. The van der Waals surface area contributed by atoms with Crippen LogP contribution in [-0.4, -0.2) is 27.5 Å². The molecule has 0 fully saturated rings. The minimum absolute atomic E-state index is 0.0660. The summed E-state index contributed by atoms with van der Waals surface area (Å²) < 4.78 is 1.80. The van der Waals surface area contributed by atoms with Crippen LogP contribution in [0.25, 0.3) is 5.52 Å². The first-order valence-corrected chi connectivity index (χ1v) is 7.30. The van der Waals surface area contributed by atoms with Crippen LogP contribution in [0.15, 0.2) is 24.4 Å².